The molecule has 19 heavy (non-hydrogen) atoms. The van der Waals surface area contributed by atoms with Crippen LogP contribution < -0.4 is 15.8 Å². The zero-order valence-corrected chi connectivity index (χ0v) is 12.2. The summed E-state index contributed by atoms with van der Waals surface area (Å²) in [6.07, 6.45) is 0.914. The molecule has 3 N–H and O–H groups in total. The van der Waals surface area contributed by atoms with Crippen LogP contribution >= 0.6 is 0 Å². The predicted octanol–water partition coefficient (Wildman–Crippen LogP) is 2.43. The zero-order valence-electron chi connectivity index (χ0n) is 12.2. The predicted molar refractivity (Wildman–Crippen MR) is 78.4 cm³/mol. The Bertz CT molecular complexity index is 430. The van der Waals surface area contributed by atoms with E-state index in [1.807, 2.05) is 32.0 Å². The number of hydrogen-bond acceptors (Lipinski definition) is 3. The topological polar surface area (TPSA) is 64.3 Å². The van der Waals surface area contributed by atoms with Crippen molar-refractivity contribution in [1.29, 1.82) is 0 Å². The van der Waals surface area contributed by atoms with Gasteiger partial charge in [0, 0.05) is 6.54 Å². The number of nitrogens with one attached hydrogen (secondary N) is 1. The van der Waals surface area contributed by atoms with Crippen LogP contribution in [-0.2, 0) is 11.2 Å². The Balaban J connectivity index is 2.94. The maximum atomic E-state index is 12.2. The first-order chi connectivity index (χ1) is 9.03. The van der Waals surface area contributed by atoms with Crippen LogP contribution in [0.25, 0.3) is 0 Å². The number of anilines is 1. The first-order valence-electron chi connectivity index (χ1n) is 6.71. The van der Waals surface area contributed by atoms with Gasteiger partial charge in [-0.05, 0) is 30.0 Å². The van der Waals surface area contributed by atoms with E-state index in [1.165, 1.54) is 0 Å². The number of aryl methyl sites for hydroxylation is 1. The molecule has 0 radical (unpaired) electrons. The van der Waals surface area contributed by atoms with Gasteiger partial charge in [-0.25, -0.2) is 0 Å². The normalized spacial score (nSPS) is 12.3. The van der Waals surface area contributed by atoms with Crippen molar-refractivity contribution in [2.24, 2.45) is 17.6 Å². The number of benzene rings is 1. The maximum absolute atomic E-state index is 12.2. The summed E-state index contributed by atoms with van der Waals surface area (Å²) < 4.78 is 5.27. The van der Waals surface area contributed by atoms with Crippen molar-refractivity contribution in [3.8, 4) is 5.75 Å². The van der Waals surface area contributed by atoms with Gasteiger partial charge in [0.25, 0.3) is 0 Å². The minimum Gasteiger partial charge on any atom is -0.495 e. The van der Waals surface area contributed by atoms with Gasteiger partial charge in [0.2, 0.25) is 5.91 Å². The van der Waals surface area contributed by atoms with Gasteiger partial charge in [-0.2, -0.15) is 0 Å². The highest BCUT2D eigenvalue weighted by Gasteiger charge is 2.21. The van der Waals surface area contributed by atoms with Gasteiger partial charge in [-0.15, -0.1) is 0 Å². The summed E-state index contributed by atoms with van der Waals surface area (Å²) in [6, 6.07) is 5.82. The number of carbonyl (C=O) groups is 1. The molecule has 4 nitrogen and oxygen atoms in total. The molecule has 1 rings (SSSR count). The van der Waals surface area contributed by atoms with E-state index < -0.39 is 0 Å². The number of hydrogen-bond donors (Lipinski definition) is 2. The smallest absolute Gasteiger partial charge is 0.229 e. The standard InChI is InChI=1S/C15H24N2O2/c1-5-11-6-7-14(19-4)13(8-11)17-15(18)12(9-16)10(2)3/h6-8,10,12H,5,9,16H2,1-4H3,(H,17,18). The molecule has 1 unspecified atom stereocenters. The molecule has 0 heterocycles. The van der Waals surface area contributed by atoms with E-state index in [0.29, 0.717) is 18.0 Å². The Morgan fingerprint density at radius 1 is 1.42 bits per heavy atom. The molecule has 0 aliphatic rings. The summed E-state index contributed by atoms with van der Waals surface area (Å²) in [7, 11) is 1.60. The Morgan fingerprint density at radius 2 is 2.11 bits per heavy atom. The van der Waals surface area contributed by atoms with Crippen molar-refractivity contribution < 1.29 is 9.53 Å². The average molecular weight is 264 g/mol. The van der Waals surface area contributed by atoms with Crippen LogP contribution in [0, 0.1) is 11.8 Å². The molecule has 1 aromatic rings. The van der Waals surface area contributed by atoms with E-state index in [2.05, 4.69) is 12.2 Å². The van der Waals surface area contributed by atoms with Crippen LogP contribution in [0.3, 0.4) is 0 Å². The van der Waals surface area contributed by atoms with Gasteiger partial charge in [0.05, 0.1) is 18.7 Å². The Hall–Kier alpha value is -1.55. The average Bonchev–Trinajstić information content (AvgIpc) is 2.38. The quantitative estimate of drug-likeness (QED) is 0.829. The van der Waals surface area contributed by atoms with E-state index >= 15 is 0 Å². The first kappa shape index (κ1) is 15.5. The molecule has 0 aromatic heterocycles. The van der Waals surface area contributed by atoms with Crippen LogP contribution in [0.2, 0.25) is 0 Å². The summed E-state index contributed by atoms with van der Waals surface area (Å²) in [5.74, 6) is 0.648. The van der Waals surface area contributed by atoms with Crippen LogP contribution in [-0.4, -0.2) is 19.6 Å². The molecular weight excluding hydrogens is 240 g/mol. The highest BCUT2D eigenvalue weighted by Crippen LogP contribution is 2.26. The summed E-state index contributed by atoms with van der Waals surface area (Å²) >= 11 is 0. The zero-order chi connectivity index (χ0) is 14.4. The van der Waals surface area contributed by atoms with Crippen molar-refractivity contribution in [2.45, 2.75) is 27.2 Å². The largest absolute Gasteiger partial charge is 0.495 e. The molecule has 106 valence electrons. The number of rotatable bonds is 6. The number of nitrogens with two attached hydrogens (primary N) is 1. The fraction of sp³-hybridized carbons (Fsp3) is 0.533. The summed E-state index contributed by atoms with van der Waals surface area (Å²) in [5.41, 5.74) is 7.53. The lowest BCUT2D eigenvalue weighted by Gasteiger charge is -2.19. The van der Waals surface area contributed by atoms with Crippen molar-refractivity contribution in [3.63, 3.8) is 0 Å². The second-order valence-corrected chi connectivity index (χ2v) is 4.96. The Morgan fingerprint density at radius 3 is 2.58 bits per heavy atom. The van der Waals surface area contributed by atoms with Crippen LogP contribution in [0.15, 0.2) is 18.2 Å². The van der Waals surface area contributed by atoms with Crippen molar-refractivity contribution >= 4 is 11.6 Å². The Kier molecular flexibility index (Phi) is 5.83. The van der Waals surface area contributed by atoms with Crippen molar-refractivity contribution in [3.05, 3.63) is 23.8 Å². The lowest BCUT2D eigenvalue weighted by atomic mass is 9.95. The minimum absolute atomic E-state index is 0.0518. The van der Waals surface area contributed by atoms with Crippen LogP contribution in [0.1, 0.15) is 26.3 Å². The van der Waals surface area contributed by atoms with E-state index in [9.17, 15) is 4.79 Å². The van der Waals surface area contributed by atoms with Gasteiger partial charge in [-0.3, -0.25) is 4.79 Å². The molecule has 0 aliphatic heterocycles. The van der Waals surface area contributed by atoms with E-state index in [0.717, 1.165) is 12.0 Å². The number of amides is 1. The number of ether oxygens (including phenoxy) is 1. The molecule has 0 saturated carbocycles. The lowest BCUT2D eigenvalue weighted by molar-refractivity contribution is -0.120. The van der Waals surface area contributed by atoms with E-state index in [-0.39, 0.29) is 17.7 Å². The van der Waals surface area contributed by atoms with E-state index in [1.54, 1.807) is 7.11 Å². The minimum atomic E-state index is -0.185. The molecule has 0 saturated heterocycles. The number of carbonyl (C=O) groups excluding carboxylic acids is 1. The maximum Gasteiger partial charge on any atom is 0.229 e. The molecule has 4 heteroatoms. The van der Waals surface area contributed by atoms with Gasteiger partial charge >= 0.3 is 0 Å². The lowest BCUT2D eigenvalue weighted by Crippen LogP contribution is -2.33. The molecule has 0 spiro atoms. The fourth-order valence-electron chi connectivity index (χ4n) is 1.98. The highest BCUT2D eigenvalue weighted by molar-refractivity contribution is 5.94. The van der Waals surface area contributed by atoms with E-state index in [4.69, 9.17) is 10.5 Å². The monoisotopic (exact) mass is 264 g/mol. The Labute approximate surface area is 115 Å². The summed E-state index contributed by atoms with van der Waals surface area (Å²) in [5, 5.41) is 2.92. The van der Waals surface area contributed by atoms with Gasteiger partial charge in [0.1, 0.15) is 5.75 Å². The van der Waals surface area contributed by atoms with Gasteiger partial charge < -0.3 is 15.8 Å². The fourth-order valence-corrected chi connectivity index (χ4v) is 1.98. The number of methoxy groups -OCH3 is 1. The van der Waals surface area contributed by atoms with Crippen LogP contribution in [0.5, 0.6) is 5.75 Å². The summed E-state index contributed by atoms with van der Waals surface area (Å²) in [4.78, 5) is 12.2. The first-order valence-corrected chi connectivity index (χ1v) is 6.71. The SMILES string of the molecule is CCc1ccc(OC)c(NC(=O)C(CN)C(C)C)c1. The third-order valence-electron chi connectivity index (χ3n) is 3.33. The van der Waals surface area contributed by atoms with Crippen molar-refractivity contribution in [1.82, 2.24) is 0 Å². The molecule has 0 fully saturated rings. The molecule has 1 aromatic carbocycles. The summed E-state index contributed by atoms with van der Waals surface area (Å²) in [6.45, 7) is 6.41. The van der Waals surface area contributed by atoms with Crippen LogP contribution in [0.4, 0.5) is 5.69 Å². The molecule has 0 aliphatic carbocycles. The van der Waals surface area contributed by atoms with Crippen molar-refractivity contribution in [2.75, 3.05) is 19.0 Å². The molecular formula is C15H24N2O2. The highest BCUT2D eigenvalue weighted by atomic mass is 16.5. The third kappa shape index (κ3) is 3.96. The second-order valence-electron chi connectivity index (χ2n) is 4.96. The molecule has 1 atom stereocenters. The van der Waals surface area contributed by atoms with Gasteiger partial charge in [0.15, 0.2) is 0 Å². The van der Waals surface area contributed by atoms with Gasteiger partial charge in [-0.1, -0.05) is 26.8 Å². The second kappa shape index (κ2) is 7.14. The molecule has 1 amide bonds. The molecule has 0 bridgehead atoms. The third-order valence-corrected chi connectivity index (χ3v) is 3.33.